The number of cyclic esters (lactones) is 1. The van der Waals surface area contributed by atoms with Gasteiger partial charge >= 0.3 is 5.97 Å². The number of benzene rings is 1. The molecule has 1 saturated carbocycles. The second-order valence-electron chi connectivity index (χ2n) is 10.3. The standard InChI is InChI=1S/C28H34N4O7/c1-15-24(34)19(14-17-8-5-4-6-9-17)30-25(35)21(31-26(36)22-20(33)10-7-13-29-22)16(2)39-28(38)23(18-11-12-18)32(3)27(15)37/h4-10,13,15-16,18-19,21,23-24,33-34H,11-12,14H2,1-3H3,(H,30,35)(H,31,36)/t15-,16-,19+,21+,23?,24+/m1/s1. The van der Waals surface area contributed by atoms with Crippen LogP contribution >= 0.6 is 0 Å². The fourth-order valence-corrected chi connectivity index (χ4v) is 4.93. The van der Waals surface area contributed by atoms with Crippen LogP contribution in [0.4, 0.5) is 0 Å². The third-order valence-electron chi connectivity index (χ3n) is 7.36. The highest BCUT2D eigenvalue weighted by Crippen LogP contribution is 2.36. The maximum Gasteiger partial charge on any atom is 0.329 e. The molecule has 2 aromatic rings. The molecule has 3 amide bonds. The van der Waals surface area contributed by atoms with Crippen LogP contribution in [0.3, 0.4) is 0 Å². The summed E-state index contributed by atoms with van der Waals surface area (Å²) in [5, 5.41) is 26.7. The molecule has 1 aromatic carbocycles. The molecule has 1 aromatic heterocycles. The van der Waals surface area contributed by atoms with Crippen molar-refractivity contribution in [3.8, 4) is 5.75 Å². The molecule has 4 N–H and O–H groups in total. The highest BCUT2D eigenvalue weighted by Gasteiger charge is 2.46. The molecule has 1 aliphatic carbocycles. The Balaban J connectivity index is 1.70. The summed E-state index contributed by atoms with van der Waals surface area (Å²) in [6.07, 6.45) is 0.545. The summed E-state index contributed by atoms with van der Waals surface area (Å²) in [6, 6.07) is 8.72. The largest absolute Gasteiger partial charge is 0.505 e. The summed E-state index contributed by atoms with van der Waals surface area (Å²) in [7, 11) is 1.51. The molecule has 1 aliphatic heterocycles. The number of aliphatic hydroxyl groups excluding tert-OH is 1. The van der Waals surface area contributed by atoms with Crippen molar-refractivity contribution in [3.05, 3.63) is 59.9 Å². The van der Waals surface area contributed by atoms with E-state index in [1.807, 2.05) is 30.3 Å². The molecule has 1 saturated heterocycles. The minimum Gasteiger partial charge on any atom is -0.505 e. The number of ether oxygens (including phenoxy) is 1. The van der Waals surface area contributed by atoms with Crippen molar-refractivity contribution >= 4 is 23.7 Å². The van der Waals surface area contributed by atoms with Gasteiger partial charge in [-0.15, -0.1) is 0 Å². The lowest BCUT2D eigenvalue weighted by Crippen LogP contribution is -2.61. The summed E-state index contributed by atoms with van der Waals surface area (Å²) < 4.78 is 5.67. The number of carbonyl (C=O) groups is 4. The topological polar surface area (TPSA) is 158 Å². The van der Waals surface area contributed by atoms with Gasteiger partial charge in [-0.2, -0.15) is 0 Å². The van der Waals surface area contributed by atoms with E-state index in [1.54, 1.807) is 6.92 Å². The average molecular weight is 539 g/mol. The van der Waals surface area contributed by atoms with Gasteiger partial charge in [0, 0.05) is 13.2 Å². The number of aromatic hydroxyl groups is 1. The van der Waals surface area contributed by atoms with E-state index >= 15 is 0 Å². The highest BCUT2D eigenvalue weighted by atomic mass is 16.5. The number of pyridine rings is 1. The van der Waals surface area contributed by atoms with Crippen LogP contribution in [0.1, 0.15) is 42.7 Å². The van der Waals surface area contributed by atoms with Gasteiger partial charge < -0.3 is 30.5 Å². The fourth-order valence-electron chi connectivity index (χ4n) is 4.93. The van der Waals surface area contributed by atoms with Crippen LogP contribution in [0.5, 0.6) is 5.75 Å². The summed E-state index contributed by atoms with van der Waals surface area (Å²) in [6.45, 7) is 3.02. The van der Waals surface area contributed by atoms with E-state index < -0.39 is 59.9 Å². The molecule has 39 heavy (non-hydrogen) atoms. The number of nitrogens with zero attached hydrogens (tertiary/aromatic N) is 2. The van der Waals surface area contributed by atoms with Gasteiger partial charge in [0.2, 0.25) is 11.8 Å². The Morgan fingerprint density at radius 3 is 2.46 bits per heavy atom. The predicted octanol–water partition coefficient (Wildman–Crippen LogP) is 0.792. The van der Waals surface area contributed by atoms with E-state index in [0.717, 1.165) is 18.4 Å². The molecule has 2 aliphatic rings. The van der Waals surface area contributed by atoms with Gasteiger partial charge in [0.15, 0.2) is 5.69 Å². The molecule has 0 bridgehead atoms. The molecule has 1 unspecified atom stereocenters. The minimum atomic E-state index is -1.39. The quantitative estimate of drug-likeness (QED) is 0.407. The van der Waals surface area contributed by atoms with Crippen molar-refractivity contribution in [2.24, 2.45) is 11.8 Å². The van der Waals surface area contributed by atoms with Gasteiger partial charge in [0.1, 0.15) is 23.9 Å². The molecular weight excluding hydrogens is 504 g/mol. The first-order valence-corrected chi connectivity index (χ1v) is 13.0. The maximum absolute atomic E-state index is 13.6. The van der Waals surface area contributed by atoms with Crippen LogP contribution in [0, 0.1) is 11.8 Å². The van der Waals surface area contributed by atoms with E-state index in [4.69, 9.17) is 4.74 Å². The molecule has 11 heteroatoms. The Morgan fingerprint density at radius 2 is 1.82 bits per heavy atom. The Kier molecular flexibility index (Phi) is 8.49. The summed E-state index contributed by atoms with van der Waals surface area (Å²) in [5.74, 6) is -4.14. The number of esters is 1. The highest BCUT2D eigenvalue weighted by molar-refractivity contribution is 5.98. The number of amides is 3. The zero-order valence-corrected chi connectivity index (χ0v) is 22.1. The van der Waals surface area contributed by atoms with E-state index in [2.05, 4.69) is 15.6 Å². The van der Waals surface area contributed by atoms with Crippen LogP contribution in [-0.4, -0.2) is 81.2 Å². The lowest BCUT2D eigenvalue weighted by molar-refractivity contribution is -0.164. The van der Waals surface area contributed by atoms with Crippen LogP contribution in [0.15, 0.2) is 48.7 Å². The van der Waals surface area contributed by atoms with Gasteiger partial charge in [0.25, 0.3) is 5.91 Å². The maximum atomic E-state index is 13.6. The lowest BCUT2D eigenvalue weighted by atomic mass is 9.90. The van der Waals surface area contributed by atoms with Crippen molar-refractivity contribution in [1.82, 2.24) is 20.5 Å². The van der Waals surface area contributed by atoms with Gasteiger partial charge in [0.05, 0.1) is 18.1 Å². The molecule has 208 valence electrons. The number of carbonyl (C=O) groups excluding carboxylic acids is 4. The third-order valence-corrected chi connectivity index (χ3v) is 7.36. The second-order valence-corrected chi connectivity index (χ2v) is 10.3. The van der Waals surface area contributed by atoms with Crippen LogP contribution in [-0.2, 0) is 25.5 Å². The normalized spacial score (nSPS) is 28.5. The summed E-state index contributed by atoms with van der Waals surface area (Å²) in [4.78, 5) is 58.4. The molecule has 0 spiro atoms. The number of aliphatic hydroxyl groups is 1. The first kappa shape index (κ1) is 28.0. The zero-order chi connectivity index (χ0) is 28.3. The van der Waals surface area contributed by atoms with E-state index in [9.17, 15) is 29.4 Å². The van der Waals surface area contributed by atoms with E-state index in [-0.39, 0.29) is 23.8 Å². The van der Waals surface area contributed by atoms with Crippen molar-refractivity contribution in [3.63, 3.8) is 0 Å². The Morgan fingerprint density at radius 1 is 1.13 bits per heavy atom. The molecule has 2 fully saturated rings. The van der Waals surface area contributed by atoms with Crippen LogP contribution in [0.2, 0.25) is 0 Å². The van der Waals surface area contributed by atoms with Gasteiger partial charge in [-0.05, 0) is 49.8 Å². The number of hydrogen-bond donors (Lipinski definition) is 4. The van der Waals surface area contributed by atoms with E-state index in [0.29, 0.717) is 0 Å². The van der Waals surface area contributed by atoms with Crippen molar-refractivity contribution in [1.29, 1.82) is 0 Å². The van der Waals surface area contributed by atoms with Gasteiger partial charge in [-0.25, -0.2) is 9.78 Å². The number of hydrogen-bond acceptors (Lipinski definition) is 8. The summed E-state index contributed by atoms with van der Waals surface area (Å²) >= 11 is 0. The SMILES string of the molecule is C[C@H]1OC(=O)C(C2CC2)N(C)C(=O)[C@H](C)[C@H](O)[C@H](Cc2ccccc2)NC(=O)[C@H]1NC(=O)c1ncccc1O. The smallest absolute Gasteiger partial charge is 0.329 e. The average Bonchev–Trinajstić information content (AvgIpc) is 3.75. The molecule has 0 radical (unpaired) electrons. The van der Waals surface area contributed by atoms with Gasteiger partial charge in [-0.3, -0.25) is 14.4 Å². The Hall–Kier alpha value is -3.99. The van der Waals surface area contributed by atoms with Gasteiger partial charge in [-0.1, -0.05) is 37.3 Å². The Labute approximate surface area is 226 Å². The molecular formula is C28H34N4O7. The minimum absolute atomic E-state index is 0.0987. The van der Waals surface area contributed by atoms with E-state index in [1.165, 1.54) is 37.2 Å². The monoisotopic (exact) mass is 538 g/mol. The third kappa shape index (κ3) is 6.36. The summed E-state index contributed by atoms with van der Waals surface area (Å²) in [5.41, 5.74) is 0.516. The number of aromatic nitrogens is 1. The van der Waals surface area contributed by atoms with Crippen molar-refractivity contribution in [2.45, 2.75) is 63.4 Å². The lowest BCUT2D eigenvalue weighted by Gasteiger charge is -2.36. The predicted molar refractivity (Wildman–Crippen MR) is 139 cm³/mol. The first-order valence-electron chi connectivity index (χ1n) is 13.0. The number of likely N-dealkylation sites (N-methyl/N-ethyl adjacent to an activating group) is 1. The second kappa shape index (κ2) is 11.8. The molecule has 6 atom stereocenters. The fraction of sp³-hybridized carbons (Fsp3) is 0.464. The van der Waals surface area contributed by atoms with Crippen LogP contribution < -0.4 is 10.6 Å². The Bertz CT molecular complexity index is 1220. The first-order chi connectivity index (χ1) is 18.6. The zero-order valence-electron chi connectivity index (χ0n) is 22.1. The molecule has 11 nitrogen and oxygen atoms in total. The molecule has 4 rings (SSSR count). The van der Waals surface area contributed by atoms with Crippen molar-refractivity contribution in [2.75, 3.05) is 7.05 Å². The number of nitrogens with one attached hydrogen (secondary N) is 2. The van der Waals surface area contributed by atoms with Crippen LogP contribution in [0.25, 0.3) is 0 Å². The van der Waals surface area contributed by atoms with Crippen molar-refractivity contribution < 1.29 is 34.1 Å². The number of rotatable bonds is 5. The molecule has 2 heterocycles.